The number of aryl methyl sites for hydroxylation is 1. The maximum atomic E-state index is 12.3. The van der Waals surface area contributed by atoms with Crippen LogP contribution >= 0.6 is 0 Å². The molecule has 27 heavy (non-hydrogen) atoms. The Bertz CT molecular complexity index is 893. The topological polar surface area (TPSA) is 78.5 Å². The molecule has 0 aromatic heterocycles. The zero-order valence-electron chi connectivity index (χ0n) is 15.6. The average molecular weight is 388 g/mol. The number of nitrogens with zero attached hydrogens (tertiary/aromatic N) is 1. The van der Waals surface area contributed by atoms with E-state index in [0.29, 0.717) is 12.2 Å². The lowest BCUT2D eigenvalue weighted by molar-refractivity contribution is -0.119. The third-order valence-corrected chi connectivity index (χ3v) is 5.81. The molecule has 0 unspecified atom stereocenters. The van der Waals surface area contributed by atoms with Gasteiger partial charge in [-0.15, -0.1) is 6.58 Å². The van der Waals surface area contributed by atoms with Gasteiger partial charge in [0.1, 0.15) is 0 Å². The highest BCUT2D eigenvalue weighted by Crippen LogP contribution is 2.17. The Morgan fingerprint density at radius 2 is 1.89 bits per heavy atom. The van der Waals surface area contributed by atoms with Gasteiger partial charge < -0.3 is 10.6 Å². The minimum absolute atomic E-state index is 0.105. The molecule has 7 heteroatoms. The molecule has 6 nitrogen and oxygen atoms in total. The zero-order valence-corrected chi connectivity index (χ0v) is 16.4. The highest BCUT2D eigenvalue weighted by Gasteiger charge is 2.19. The second kappa shape index (κ2) is 9.34. The quantitative estimate of drug-likeness (QED) is 0.648. The number of nitrogens with one attached hydrogen (secondary N) is 2. The lowest BCUT2D eigenvalue weighted by Gasteiger charge is -2.15. The van der Waals surface area contributed by atoms with E-state index in [-0.39, 0.29) is 23.9 Å². The van der Waals surface area contributed by atoms with Crippen molar-refractivity contribution >= 4 is 21.6 Å². The normalized spacial score (nSPS) is 11.2. The summed E-state index contributed by atoms with van der Waals surface area (Å²) in [5.41, 5.74) is 2.86. The molecule has 2 rings (SSSR count). The summed E-state index contributed by atoms with van der Waals surface area (Å²) in [6.07, 6.45) is 1.53. The Balaban J connectivity index is 1.87. The molecular formula is C20H25N3O3S. The molecule has 0 saturated carbocycles. The zero-order chi connectivity index (χ0) is 19.9. The molecule has 0 bridgehead atoms. The summed E-state index contributed by atoms with van der Waals surface area (Å²) in [4.78, 5) is 12.2. The van der Waals surface area contributed by atoms with Crippen LogP contribution in [0.1, 0.15) is 11.1 Å². The van der Waals surface area contributed by atoms with Crippen molar-refractivity contribution in [3.8, 4) is 0 Å². The number of anilines is 1. The van der Waals surface area contributed by atoms with Crippen LogP contribution in [0.2, 0.25) is 0 Å². The maximum absolute atomic E-state index is 12.3. The maximum Gasteiger partial charge on any atom is 0.243 e. The fourth-order valence-electron chi connectivity index (χ4n) is 2.47. The van der Waals surface area contributed by atoms with E-state index in [1.165, 1.54) is 29.6 Å². The summed E-state index contributed by atoms with van der Waals surface area (Å²) < 4.78 is 25.9. The molecule has 144 valence electrons. The molecule has 1 amide bonds. The molecule has 2 aromatic rings. The van der Waals surface area contributed by atoms with E-state index >= 15 is 0 Å². The van der Waals surface area contributed by atoms with Crippen molar-refractivity contribution < 1.29 is 13.2 Å². The third kappa shape index (κ3) is 5.94. The van der Waals surface area contributed by atoms with E-state index in [2.05, 4.69) is 17.2 Å². The first-order valence-electron chi connectivity index (χ1n) is 8.56. The van der Waals surface area contributed by atoms with Crippen LogP contribution < -0.4 is 10.6 Å². The van der Waals surface area contributed by atoms with Crippen molar-refractivity contribution in [2.75, 3.05) is 25.5 Å². The van der Waals surface area contributed by atoms with Gasteiger partial charge in [-0.25, -0.2) is 8.42 Å². The van der Waals surface area contributed by atoms with Gasteiger partial charge >= 0.3 is 0 Å². The van der Waals surface area contributed by atoms with Crippen molar-refractivity contribution in [2.45, 2.75) is 18.4 Å². The van der Waals surface area contributed by atoms with Crippen molar-refractivity contribution in [1.82, 2.24) is 9.62 Å². The second-order valence-electron chi connectivity index (χ2n) is 6.22. The van der Waals surface area contributed by atoms with Gasteiger partial charge in [0.15, 0.2) is 0 Å². The van der Waals surface area contributed by atoms with Gasteiger partial charge in [-0.3, -0.25) is 4.79 Å². The summed E-state index contributed by atoms with van der Waals surface area (Å²) in [6, 6.07) is 14.3. The Morgan fingerprint density at radius 3 is 2.52 bits per heavy atom. The molecule has 0 spiro atoms. The number of rotatable bonds is 9. The van der Waals surface area contributed by atoms with Crippen LogP contribution in [0.15, 0.2) is 66.1 Å². The Morgan fingerprint density at radius 1 is 1.19 bits per heavy atom. The number of hydrogen-bond donors (Lipinski definition) is 2. The van der Waals surface area contributed by atoms with Crippen molar-refractivity contribution in [3.63, 3.8) is 0 Å². The number of carbonyl (C=O) groups is 1. The summed E-state index contributed by atoms with van der Waals surface area (Å²) in [6.45, 7) is 6.37. The number of sulfonamides is 1. The van der Waals surface area contributed by atoms with E-state index in [9.17, 15) is 13.2 Å². The van der Waals surface area contributed by atoms with Crippen LogP contribution in [0.25, 0.3) is 0 Å². The molecule has 0 heterocycles. The largest absolute Gasteiger partial charge is 0.376 e. The van der Waals surface area contributed by atoms with E-state index in [0.717, 1.165) is 11.1 Å². The Kier molecular flexibility index (Phi) is 7.15. The lowest BCUT2D eigenvalue weighted by atomic mass is 10.1. The van der Waals surface area contributed by atoms with E-state index < -0.39 is 10.0 Å². The smallest absolute Gasteiger partial charge is 0.243 e. The Labute approximate surface area is 161 Å². The first kappa shape index (κ1) is 20.7. The van der Waals surface area contributed by atoms with Gasteiger partial charge in [0.25, 0.3) is 0 Å². The molecule has 0 saturated heterocycles. The average Bonchev–Trinajstić information content (AvgIpc) is 2.65. The molecule has 0 fully saturated rings. The molecule has 0 atom stereocenters. The first-order chi connectivity index (χ1) is 12.8. The van der Waals surface area contributed by atoms with Crippen molar-refractivity contribution in [2.24, 2.45) is 0 Å². The summed E-state index contributed by atoms with van der Waals surface area (Å²) in [5.74, 6) is -0.140. The predicted octanol–water partition coefficient (Wildman–Crippen LogP) is 2.53. The van der Waals surface area contributed by atoms with Crippen LogP contribution in [0.4, 0.5) is 5.69 Å². The van der Waals surface area contributed by atoms with E-state index in [4.69, 9.17) is 0 Å². The summed E-state index contributed by atoms with van der Waals surface area (Å²) >= 11 is 0. The van der Waals surface area contributed by atoms with Crippen molar-refractivity contribution in [3.05, 3.63) is 72.3 Å². The number of amides is 1. The van der Waals surface area contributed by atoms with E-state index in [1.807, 2.05) is 31.2 Å². The minimum Gasteiger partial charge on any atom is -0.376 e. The fourth-order valence-corrected chi connectivity index (χ4v) is 3.61. The number of carbonyl (C=O) groups excluding carboxylic acids is 1. The van der Waals surface area contributed by atoms with Gasteiger partial charge in [0, 0.05) is 25.8 Å². The molecule has 2 N–H and O–H groups in total. The summed E-state index contributed by atoms with van der Waals surface area (Å²) in [7, 11) is -2.04. The molecule has 0 radical (unpaired) electrons. The van der Waals surface area contributed by atoms with Gasteiger partial charge in [-0.1, -0.05) is 35.9 Å². The Hall–Kier alpha value is -2.64. The number of hydrogen-bond acceptors (Lipinski definition) is 4. The molecule has 2 aromatic carbocycles. The lowest BCUT2D eigenvalue weighted by Crippen LogP contribution is -2.29. The van der Waals surface area contributed by atoms with Gasteiger partial charge in [0.05, 0.1) is 11.4 Å². The SMILES string of the molecule is C=CCN(C)S(=O)(=O)c1ccc(NCC(=O)NCc2cccc(C)c2)cc1. The summed E-state index contributed by atoms with van der Waals surface area (Å²) in [5, 5.41) is 5.84. The second-order valence-corrected chi connectivity index (χ2v) is 8.26. The highest BCUT2D eigenvalue weighted by atomic mass is 32.2. The first-order valence-corrected chi connectivity index (χ1v) is 10.0. The minimum atomic E-state index is -3.54. The standard InChI is InChI=1S/C20H25N3O3S/c1-4-12-23(3)27(25,26)19-10-8-18(9-11-19)21-15-20(24)22-14-17-7-5-6-16(2)13-17/h4-11,13,21H,1,12,14-15H2,2-3H3,(H,22,24). The monoisotopic (exact) mass is 387 g/mol. The third-order valence-electron chi connectivity index (χ3n) is 3.97. The molecule has 0 aliphatic rings. The van der Waals surface area contributed by atoms with Crippen LogP contribution in [0.3, 0.4) is 0 Å². The molecule has 0 aliphatic carbocycles. The fraction of sp³-hybridized carbons (Fsp3) is 0.250. The van der Waals surface area contributed by atoms with Crippen LogP contribution in [0.5, 0.6) is 0 Å². The number of likely N-dealkylation sites (N-methyl/N-ethyl adjacent to an activating group) is 1. The van der Waals surface area contributed by atoms with Crippen LogP contribution in [-0.2, 0) is 21.4 Å². The predicted molar refractivity (Wildman–Crippen MR) is 108 cm³/mol. The van der Waals surface area contributed by atoms with Gasteiger partial charge in [-0.2, -0.15) is 4.31 Å². The highest BCUT2D eigenvalue weighted by molar-refractivity contribution is 7.89. The number of benzene rings is 2. The van der Waals surface area contributed by atoms with Gasteiger partial charge in [0.2, 0.25) is 15.9 Å². The van der Waals surface area contributed by atoms with E-state index in [1.54, 1.807) is 12.1 Å². The van der Waals surface area contributed by atoms with Gasteiger partial charge in [-0.05, 0) is 36.8 Å². The molecule has 0 aliphatic heterocycles. The van der Waals surface area contributed by atoms with Crippen LogP contribution in [-0.4, -0.2) is 38.8 Å². The van der Waals surface area contributed by atoms with Crippen molar-refractivity contribution in [1.29, 1.82) is 0 Å². The molecular weight excluding hydrogens is 362 g/mol. The van der Waals surface area contributed by atoms with Crippen LogP contribution in [0, 0.1) is 6.92 Å².